The van der Waals surface area contributed by atoms with Crippen molar-refractivity contribution in [1.82, 2.24) is 15.1 Å². The van der Waals surface area contributed by atoms with Gasteiger partial charge in [0.25, 0.3) is 0 Å². The first-order valence-corrected chi connectivity index (χ1v) is 10.3. The molecular weight excluding hydrogens is 410 g/mol. The molecule has 0 spiro atoms. The zero-order valence-electron chi connectivity index (χ0n) is 18.2. The fourth-order valence-electron chi connectivity index (χ4n) is 4.36. The van der Waals surface area contributed by atoms with Crippen molar-refractivity contribution in [3.8, 4) is 17.0 Å². The molecule has 32 heavy (non-hydrogen) atoms. The minimum atomic E-state index is -1.18. The van der Waals surface area contributed by atoms with Crippen molar-refractivity contribution in [3.63, 3.8) is 0 Å². The quantitative estimate of drug-likeness (QED) is 0.591. The van der Waals surface area contributed by atoms with Crippen LogP contribution in [-0.2, 0) is 23.0 Å². The van der Waals surface area contributed by atoms with E-state index in [-0.39, 0.29) is 18.9 Å². The Kier molecular flexibility index (Phi) is 5.85. The first-order chi connectivity index (χ1) is 15.4. The van der Waals surface area contributed by atoms with Gasteiger partial charge in [0.1, 0.15) is 12.6 Å². The Morgan fingerprint density at radius 1 is 1.12 bits per heavy atom. The average molecular weight is 435 g/mol. The first kappa shape index (κ1) is 21.4. The summed E-state index contributed by atoms with van der Waals surface area (Å²) in [7, 11) is 3.21. The predicted molar refractivity (Wildman–Crippen MR) is 118 cm³/mol. The van der Waals surface area contributed by atoms with Crippen molar-refractivity contribution in [2.75, 3.05) is 13.7 Å². The standard InChI is InChI=1S/C24H25N3O5/c1-14-19(22(31-3)27(2)26-14)12-21(23(28)29)25-24(30)32-13-20-17-10-6-4-8-15(17)16-9-5-7-11-18(16)20/h4-11,20-21H,12-13H2,1-3H3,(H,25,30)(H,28,29). The molecule has 1 aliphatic carbocycles. The number of carbonyl (C=O) groups excluding carboxylic acids is 1. The second kappa shape index (κ2) is 8.74. The lowest BCUT2D eigenvalue weighted by molar-refractivity contribution is -0.139. The monoisotopic (exact) mass is 435 g/mol. The fraction of sp³-hybridized carbons (Fsp3) is 0.292. The Bertz CT molecular complexity index is 1120. The molecule has 1 amide bonds. The zero-order chi connectivity index (χ0) is 22.8. The minimum absolute atomic E-state index is 0.0301. The van der Waals surface area contributed by atoms with Crippen molar-refractivity contribution in [3.05, 3.63) is 70.9 Å². The van der Waals surface area contributed by atoms with Gasteiger partial charge in [0, 0.05) is 24.9 Å². The highest BCUT2D eigenvalue weighted by atomic mass is 16.5. The number of nitrogens with zero attached hydrogens (tertiary/aromatic N) is 2. The van der Waals surface area contributed by atoms with Crippen LogP contribution in [0.1, 0.15) is 28.3 Å². The molecular formula is C24H25N3O5. The maximum absolute atomic E-state index is 12.5. The first-order valence-electron chi connectivity index (χ1n) is 10.3. The molecule has 3 aromatic rings. The van der Waals surface area contributed by atoms with Gasteiger partial charge in [-0.3, -0.25) is 0 Å². The van der Waals surface area contributed by atoms with Crippen LogP contribution in [0.5, 0.6) is 5.88 Å². The van der Waals surface area contributed by atoms with Crippen LogP contribution in [0.25, 0.3) is 11.1 Å². The van der Waals surface area contributed by atoms with Gasteiger partial charge in [-0.1, -0.05) is 48.5 Å². The fourth-order valence-corrected chi connectivity index (χ4v) is 4.36. The van der Waals surface area contributed by atoms with Gasteiger partial charge < -0.3 is 19.9 Å². The number of methoxy groups -OCH3 is 1. The lowest BCUT2D eigenvalue weighted by atomic mass is 9.98. The van der Waals surface area contributed by atoms with E-state index in [1.807, 2.05) is 36.4 Å². The van der Waals surface area contributed by atoms with Crippen LogP contribution in [0.4, 0.5) is 4.79 Å². The Labute approximate surface area is 185 Å². The van der Waals surface area contributed by atoms with E-state index >= 15 is 0 Å². The SMILES string of the molecule is COc1c(CC(NC(=O)OCC2c3ccccc3-c3ccccc32)C(=O)O)c(C)nn1C. The normalized spacial score (nSPS) is 13.2. The number of carboxylic acid groups (broad SMARTS) is 1. The average Bonchev–Trinajstić information content (AvgIpc) is 3.24. The van der Waals surface area contributed by atoms with Gasteiger partial charge in [-0.05, 0) is 29.2 Å². The highest BCUT2D eigenvalue weighted by molar-refractivity contribution is 5.81. The maximum Gasteiger partial charge on any atom is 0.407 e. The lowest BCUT2D eigenvalue weighted by Gasteiger charge is -2.17. The van der Waals surface area contributed by atoms with Gasteiger partial charge >= 0.3 is 12.1 Å². The highest BCUT2D eigenvalue weighted by Gasteiger charge is 2.30. The van der Waals surface area contributed by atoms with Crippen molar-refractivity contribution in [2.24, 2.45) is 7.05 Å². The number of hydrogen-bond acceptors (Lipinski definition) is 5. The topological polar surface area (TPSA) is 103 Å². The highest BCUT2D eigenvalue weighted by Crippen LogP contribution is 2.44. The maximum atomic E-state index is 12.5. The van der Waals surface area contributed by atoms with E-state index in [0.29, 0.717) is 17.1 Å². The van der Waals surface area contributed by atoms with Crippen LogP contribution in [0.15, 0.2) is 48.5 Å². The summed E-state index contributed by atoms with van der Waals surface area (Å²) in [6.07, 6.45) is -0.748. The molecule has 1 aromatic heterocycles. The van der Waals surface area contributed by atoms with Crippen LogP contribution < -0.4 is 10.1 Å². The summed E-state index contributed by atoms with van der Waals surface area (Å²) in [5.74, 6) is -0.802. The zero-order valence-corrected chi connectivity index (χ0v) is 18.2. The summed E-state index contributed by atoms with van der Waals surface area (Å²) in [6.45, 7) is 1.88. The van der Waals surface area contributed by atoms with Crippen molar-refractivity contribution >= 4 is 12.1 Å². The molecule has 0 saturated carbocycles. The number of benzene rings is 2. The molecule has 8 heteroatoms. The van der Waals surface area contributed by atoms with E-state index in [9.17, 15) is 14.7 Å². The van der Waals surface area contributed by atoms with Crippen molar-refractivity contribution in [1.29, 1.82) is 0 Å². The van der Waals surface area contributed by atoms with Gasteiger partial charge in [0.2, 0.25) is 5.88 Å². The number of nitrogens with one attached hydrogen (secondary N) is 1. The van der Waals surface area contributed by atoms with E-state index in [1.54, 1.807) is 14.0 Å². The van der Waals surface area contributed by atoms with Crippen molar-refractivity contribution in [2.45, 2.75) is 25.3 Å². The second-order valence-corrected chi connectivity index (χ2v) is 7.76. The number of hydrogen-bond donors (Lipinski definition) is 2. The van der Waals surface area contributed by atoms with E-state index in [0.717, 1.165) is 22.3 Å². The van der Waals surface area contributed by atoms with Gasteiger partial charge in [0.05, 0.1) is 12.8 Å². The molecule has 1 aliphatic rings. The minimum Gasteiger partial charge on any atom is -0.481 e. The number of alkyl carbamates (subject to hydrolysis) is 1. The molecule has 166 valence electrons. The molecule has 2 N–H and O–H groups in total. The summed E-state index contributed by atoms with van der Waals surface area (Å²) in [6, 6.07) is 14.9. The number of ether oxygens (including phenoxy) is 2. The number of aromatic nitrogens is 2. The Morgan fingerprint density at radius 2 is 1.72 bits per heavy atom. The molecule has 1 unspecified atom stereocenters. The smallest absolute Gasteiger partial charge is 0.407 e. The van der Waals surface area contributed by atoms with E-state index in [1.165, 1.54) is 11.8 Å². The molecule has 0 bridgehead atoms. The van der Waals surface area contributed by atoms with Crippen LogP contribution in [-0.4, -0.2) is 46.7 Å². The van der Waals surface area contributed by atoms with Crippen LogP contribution in [0.3, 0.4) is 0 Å². The Balaban J connectivity index is 1.46. The lowest BCUT2D eigenvalue weighted by Crippen LogP contribution is -2.43. The van der Waals surface area contributed by atoms with Gasteiger partial charge in [-0.15, -0.1) is 0 Å². The third-order valence-corrected chi connectivity index (χ3v) is 5.82. The Hall–Kier alpha value is -3.81. The van der Waals surface area contributed by atoms with Crippen LogP contribution >= 0.6 is 0 Å². The number of aliphatic carboxylic acids is 1. The summed E-state index contributed by atoms with van der Waals surface area (Å²) < 4.78 is 12.4. The predicted octanol–water partition coefficient (Wildman–Crippen LogP) is 3.27. The van der Waals surface area contributed by atoms with Crippen LogP contribution in [0, 0.1) is 6.92 Å². The summed E-state index contributed by atoms with van der Waals surface area (Å²) >= 11 is 0. The van der Waals surface area contributed by atoms with Crippen LogP contribution in [0.2, 0.25) is 0 Å². The molecule has 0 radical (unpaired) electrons. The molecule has 4 rings (SSSR count). The molecule has 2 aromatic carbocycles. The molecule has 1 atom stereocenters. The molecule has 0 fully saturated rings. The molecule has 0 saturated heterocycles. The molecule has 8 nitrogen and oxygen atoms in total. The Morgan fingerprint density at radius 3 is 2.28 bits per heavy atom. The van der Waals surface area contributed by atoms with E-state index in [2.05, 4.69) is 22.5 Å². The number of fused-ring (bicyclic) bond motifs is 3. The van der Waals surface area contributed by atoms with Gasteiger partial charge in [-0.25, -0.2) is 14.3 Å². The summed E-state index contributed by atoms with van der Waals surface area (Å²) in [5.41, 5.74) is 5.70. The van der Waals surface area contributed by atoms with Gasteiger partial charge in [-0.2, -0.15) is 5.10 Å². The number of rotatable bonds is 7. The summed E-state index contributed by atoms with van der Waals surface area (Å²) in [5, 5.41) is 16.4. The van der Waals surface area contributed by atoms with Crippen molar-refractivity contribution < 1.29 is 24.2 Å². The number of carbonyl (C=O) groups is 2. The molecule has 0 aliphatic heterocycles. The van der Waals surface area contributed by atoms with E-state index in [4.69, 9.17) is 9.47 Å². The largest absolute Gasteiger partial charge is 0.481 e. The third kappa shape index (κ3) is 3.91. The third-order valence-electron chi connectivity index (χ3n) is 5.82. The van der Waals surface area contributed by atoms with E-state index < -0.39 is 18.1 Å². The number of aryl methyl sites for hydroxylation is 2. The van der Waals surface area contributed by atoms with Gasteiger partial charge in [0.15, 0.2) is 0 Å². The number of amides is 1. The molecule has 1 heterocycles. The summed E-state index contributed by atoms with van der Waals surface area (Å²) in [4.78, 5) is 24.3. The number of carboxylic acids is 1. The second-order valence-electron chi connectivity index (χ2n) is 7.76.